The summed E-state index contributed by atoms with van der Waals surface area (Å²) < 4.78 is 28.1. The molecule has 0 amide bonds. The van der Waals surface area contributed by atoms with Crippen LogP contribution in [0.1, 0.15) is 11.3 Å². The third-order valence-electron chi connectivity index (χ3n) is 6.31. The first-order valence-electron chi connectivity index (χ1n) is 12.0. The Morgan fingerprint density at radius 1 is 0.750 bits per heavy atom. The number of rotatable bonds is 6. The van der Waals surface area contributed by atoms with E-state index in [1.165, 1.54) is 5.56 Å². The van der Waals surface area contributed by atoms with Crippen molar-refractivity contribution in [3.8, 4) is 11.1 Å². The molecule has 0 bridgehead atoms. The zero-order chi connectivity index (χ0) is 25.1. The molecular weight excluding hydrogens is 470 g/mol. The Kier molecular flexibility index (Phi) is 6.71. The molecule has 0 atom stereocenters. The first-order chi connectivity index (χ1) is 17.4. The predicted octanol–water partition coefficient (Wildman–Crippen LogP) is 5.01. The third-order valence-corrected chi connectivity index (χ3v) is 8.22. The third kappa shape index (κ3) is 5.24. The quantitative estimate of drug-likeness (QED) is 0.402. The molecule has 1 fully saturated rings. The van der Waals surface area contributed by atoms with Gasteiger partial charge in [0, 0.05) is 43.6 Å². The van der Waals surface area contributed by atoms with E-state index in [0.29, 0.717) is 37.0 Å². The number of aryl methyl sites for hydroxylation is 2. The number of piperazine rings is 1. The number of hydrogen-bond acceptors (Lipinski definition) is 6. The lowest BCUT2D eigenvalue weighted by Gasteiger charge is -2.34. The molecule has 4 aromatic rings. The van der Waals surface area contributed by atoms with Gasteiger partial charge >= 0.3 is 0 Å². The lowest BCUT2D eigenvalue weighted by molar-refractivity contribution is 0.384. The number of sulfonamides is 1. The van der Waals surface area contributed by atoms with E-state index in [-0.39, 0.29) is 0 Å². The first kappa shape index (κ1) is 24.0. The highest BCUT2D eigenvalue weighted by Crippen LogP contribution is 2.25. The summed E-state index contributed by atoms with van der Waals surface area (Å²) in [7, 11) is -3.57. The van der Waals surface area contributed by atoms with Crippen LogP contribution >= 0.6 is 0 Å². The van der Waals surface area contributed by atoms with Crippen LogP contribution in [0.2, 0.25) is 0 Å². The second kappa shape index (κ2) is 10.1. The van der Waals surface area contributed by atoms with Crippen LogP contribution in [0.15, 0.2) is 89.8 Å². The van der Waals surface area contributed by atoms with E-state index in [0.717, 1.165) is 28.3 Å². The van der Waals surface area contributed by atoms with E-state index in [1.807, 2.05) is 86.6 Å². The van der Waals surface area contributed by atoms with Crippen LogP contribution in [0.25, 0.3) is 11.1 Å². The van der Waals surface area contributed by atoms with Gasteiger partial charge in [-0.05, 0) is 49.2 Å². The van der Waals surface area contributed by atoms with E-state index < -0.39 is 10.0 Å². The molecule has 1 aromatic heterocycles. The minimum Gasteiger partial charge on any atom is -0.354 e. The summed E-state index contributed by atoms with van der Waals surface area (Å²) >= 11 is 0. The van der Waals surface area contributed by atoms with Crippen LogP contribution in [0.3, 0.4) is 0 Å². The van der Waals surface area contributed by atoms with E-state index in [1.54, 1.807) is 16.4 Å². The summed E-state index contributed by atoms with van der Waals surface area (Å²) in [4.78, 5) is 11.6. The molecule has 1 aliphatic heterocycles. The molecule has 36 heavy (non-hydrogen) atoms. The van der Waals surface area contributed by atoms with Gasteiger partial charge in [-0.2, -0.15) is 9.29 Å². The Hall–Kier alpha value is -3.75. The van der Waals surface area contributed by atoms with Gasteiger partial charge in [0.2, 0.25) is 16.0 Å². The number of hydrogen-bond donors (Lipinski definition) is 1. The second-order valence-corrected chi connectivity index (χ2v) is 10.9. The maximum atomic E-state index is 13.3. The summed E-state index contributed by atoms with van der Waals surface area (Å²) in [5.74, 6) is 1.32. The van der Waals surface area contributed by atoms with Crippen LogP contribution < -0.4 is 10.2 Å². The van der Waals surface area contributed by atoms with Crippen molar-refractivity contribution in [2.45, 2.75) is 18.7 Å². The van der Waals surface area contributed by atoms with Crippen LogP contribution in [-0.4, -0.2) is 48.9 Å². The number of benzene rings is 3. The van der Waals surface area contributed by atoms with Crippen molar-refractivity contribution in [1.29, 1.82) is 0 Å². The largest absolute Gasteiger partial charge is 0.354 e. The summed E-state index contributed by atoms with van der Waals surface area (Å²) in [6.07, 6.45) is 0. The maximum absolute atomic E-state index is 13.3. The van der Waals surface area contributed by atoms with Gasteiger partial charge < -0.3 is 10.2 Å². The standard InChI is InChI=1S/C28H29N5O2S/c1-21-8-12-25(13-9-21)30-28-29-22(2)20-27(31-28)32-16-18-33(19-17-32)36(34,35)26-14-10-24(11-15-26)23-6-4-3-5-7-23/h3-15,20H,16-19H2,1-2H3,(H,29,30,31). The molecule has 1 aliphatic rings. The molecule has 7 nitrogen and oxygen atoms in total. The topological polar surface area (TPSA) is 78.4 Å². The molecular formula is C28H29N5O2S. The number of aromatic nitrogens is 2. The van der Waals surface area contributed by atoms with Gasteiger partial charge in [-0.1, -0.05) is 60.2 Å². The number of anilines is 3. The van der Waals surface area contributed by atoms with Crippen LogP contribution in [-0.2, 0) is 10.0 Å². The summed E-state index contributed by atoms with van der Waals surface area (Å²) in [6.45, 7) is 5.89. The zero-order valence-corrected chi connectivity index (χ0v) is 21.2. The molecule has 0 saturated carbocycles. The summed E-state index contributed by atoms with van der Waals surface area (Å²) in [5, 5.41) is 3.27. The Labute approximate surface area is 212 Å². The van der Waals surface area contributed by atoms with Gasteiger partial charge in [0.15, 0.2) is 0 Å². The molecule has 1 saturated heterocycles. The van der Waals surface area contributed by atoms with Gasteiger partial charge in [0.05, 0.1) is 4.90 Å². The second-order valence-electron chi connectivity index (χ2n) is 8.96. The van der Waals surface area contributed by atoms with Crippen molar-refractivity contribution < 1.29 is 8.42 Å². The van der Waals surface area contributed by atoms with E-state index in [2.05, 4.69) is 15.2 Å². The van der Waals surface area contributed by atoms with Crippen molar-refractivity contribution in [3.63, 3.8) is 0 Å². The van der Waals surface area contributed by atoms with Gasteiger partial charge in [-0.15, -0.1) is 0 Å². The number of nitrogens with one attached hydrogen (secondary N) is 1. The predicted molar refractivity (Wildman–Crippen MR) is 144 cm³/mol. The fourth-order valence-electron chi connectivity index (χ4n) is 4.29. The van der Waals surface area contributed by atoms with E-state index in [9.17, 15) is 8.42 Å². The van der Waals surface area contributed by atoms with Gasteiger partial charge in [-0.25, -0.2) is 13.4 Å². The van der Waals surface area contributed by atoms with E-state index >= 15 is 0 Å². The zero-order valence-electron chi connectivity index (χ0n) is 20.4. The molecule has 0 unspecified atom stereocenters. The van der Waals surface area contributed by atoms with Crippen molar-refractivity contribution in [2.24, 2.45) is 0 Å². The molecule has 8 heteroatoms. The van der Waals surface area contributed by atoms with Crippen LogP contribution in [0, 0.1) is 13.8 Å². The van der Waals surface area contributed by atoms with Crippen molar-refractivity contribution in [2.75, 3.05) is 36.4 Å². The lowest BCUT2D eigenvalue weighted by Crippen LogP contribution is -2.49. The monoisotopic (exact) mass is 499 g/mol. The highest BCUT2D eigenvalue weighted by molar-refractivity contribution is 7.89. The van der Waals surface area contributed by atoms with Crippen molar-refractivity contribution in [3.05, 3.63) is 96.2 Å². The molecule has 0 aliphatic carbocycles. The van der Waals surface area contributed by atoms with E-state index in [4.69, 9.17) is 4.98 Å². The van der Waals surface area contributed by atoms with Gasteiger partial charge in [0.25, 0.3) is 0 Å². The molecule has 3 aromatic carbocycles. The van der Waals surface area contributed by atoms with Crippen LogP contribution in [0.5, 0.6) is 0 Å². The van der Waals surface area contributed by atoms with Gasteiger partial charge in [0.1, 0.15) is 5.82 Å². The first-order valence-corrected chi connectivity index (χ1v) is 13.4. The SMILES string of the molecule is Cc1ccc(Nc2nc(C)cc(N3CCN(S(=O)(=O)c4ccc(-c5ccccc5)cc4)CC3)n2)cc1. The Morgan fingerprint density at radius 2 is 1.39 bits per heavy atom. The molecule has 2 heterocycles. The minimum atomic E-state index is -3.57. The average molecular weight is 500 g/mol. The molecule has 0 spiro atoms. The molecule has 184 valence electrons. The van der Waals surface area contributed by atoms with Crippen LogP contribution in [0.4, 0.5) is 17.5 Å². The highest BCUT2D eigenvalue weighted by atomic mass is 32.2. The molecule has 0 radical (unpaired) electrons. The Balaban J connectivity index is 1.26. The average Bonchev–Trinajstić information content (AvgIpc) is 2.90. The normalized spacial score (nSPS) is 14.6. The Bertz CT molecular complexity index is 1430. The number of nitrogens with zero attached hydrogens (tertiary/aromatic N) is 4. The minimum absolute atomic E-state index is 0.318. The summed E-state index contributed by atoms with van der Waals surface area (Å²) in [5.41, 5.74) is 5.01. The lowest BCUT2D eigenvalue weighted by atomic mass is 10.1. The smallest absolute Gasteiger partial charge is 0.243 e. The molecule has 1 N–H and O–H groups in total. The van der Waals surface area contributed by atoms with Crippen molar-refractivity contribution >= 4 is 27.5 Å². The fourth-order valence-corrected chi connectivity index (χ4v) is 5.71. The highest BCUT2D eigenvalue weighted by Gasteiger charge is 2.29. The van der Waals surface area contributed by atoms with Crippen molar-refractivity contribution in [1.82, 2.24) is 14.3 Å². The van der Waals surface area contributed by atoms with Gasteiger partial charge in [-0.3, -0.25) is 0 Å². The summed E-state index contributed by atoms with van der Waals surface area (Å²) in [6, 6.07) is 27.1. The Morgan fingerprint density at radius 3 is 2.06 bits per heavy atom. The molecule has 5 rings (SSSR count). The fraction of sp³-hybridized carbons (Fsp3) is 0.214. The maximum Gasteiger partial charge on any atom is 0.243 e.